The van der Waals surface area contributed by atoms with Gasteiger partial charge in [-0.2, -0.15) is 5.26 Å². The molecule has 3 N–H and O–H groups in total. The van der Waals surface area contributed by atoms with Crippen LogP contribution in [0.1, 0.15) is 29.4 Å². The zero-order valence-electron chi connectivity index (χ0n) is 15.0. The Balaban J connectivity index is 1.72. The molecule has 1 aromatic carbocycles. The van der Waals surface area contributed by atoms with Crippen molar-refractivity contribution in [2.45, 2.75) is 23.6 Å². The summed E-state index contributed by atoms with van der Waals surface area (Å²) in [4.78, 5) is 20.6. The summed E-state index contributed by atoms with van der Waals surface area (Å²) >= 11 is 6.90. The van der Waals surface area contributed by atoms with Gasteiger partial charge in [-0.05, 0) is 31.5 Å². The molecule has 1 fully saturated rings. The van der Waals surface area contributed by atoms with Gasteiger partial charge in [-0.25, -0.2) is 13.8 Å². The Labute approximate surface area is 174 Å². The van der Waals surface area contributed by atoms with Crippen molar-refractivity contribution in [2.24, 2.45) is 16.6 Å². The number of carbonyl (C=O) groups is 1. The molecule has 0 radical (unpaired) electrons. The quantitative estimate of drug-likeness (QED) is 0.765. The number of aromatic nitrogens is 1. The Morgan fingerprint density at radius 3 is 2.86 bits per heavy atom. The standard InChI is InChI=1S/C19H14ClF2N5OS/c1-18(14-6-19(14,8-23)29-17(24)27-18)11-4-10(5-12(21)15(11)22)26-16(28)13-3-2-9(20)7-25-13/h2-5,7,14H,6H2,1H3,(H2,24,27)(H,26,28)/t14-,18-,19+/m0/s1. The number of nitrogens with two attached hydrogens (primary N) is 1. The third-order valence-corrected chi connectivity index (χ3v) is 6.63. The van der Waals surface area contributed by atoms with E-state index >= 15 is 0 Å². The average Bonchev–Trinajstić information content (AvgIpc) is 3.41. The molecule has 2 heterocycles. The van der Waals surface area contributed by atoms with Crippen LogP contribution in [-0.4, -0.2) is 20.8 Å². The number of benzene rings is 1. The average molecular weight is 434 g/mol. The molecule has 1 amide bonds. The second kappa shape index (κ2) is 6.68. The molecule has 2 aliphatic rings. The first-order valence-corrected chi connectivity index (χ1v) is 9.76. The summed E-state index contributed by atoms with van der Waals surface area (Å²) in [6, 6.07) is 7.32. The minimum atomic E-state index is -1.23. The smallest absolute Gasteiger partial charge is 0.274 e. The summed E-state index contributed by atoms with van der Waals surface area (Å²) in [6.45, 7) is 1.62. The van der Waals surface area contributed by atoms with Crippen LogP contribution in [0.15, 0.2) is 35.5 Å². The van der Waals surface area contributed by atoms with Gasteiger partial charge < -0.3 is 11.1 Å². The van der Waals surface area contributed by atoms with E-state index in [1.54, 1.807) is 6.92 Å². The van der Waals surface area contributed by atoms with Crippen molar-refractivity contribution < 1.29 is 13.6 Å². The van der Waals surface area contributed by atoms with Crippen molar-refractivity contribution in [3.8, 4) is 6.07 Å². The monoisotopic (exact) mass is 433 g/mol. The highest BCUT2D eigenvalue weighted by atomic mass is 35.5. The zero-order valence-corrected chi connectivity index (χ0v) is 16.6. The lowest BCUT2D eigenvalue weighted by molar-refractivity contribution is 0.102. The lowest BCUT2D eigenvalue weighted by atomic mass is 9.85. The molecular weight excluding hydrogens is 420 g/mol. The maximum atomic E-state index is 14.7. The van der Waals surface area contributed by atoms with Gasteiger partial charge in [-0.15, -0.1) is 0 Å². The maximum Gasteiger partial charge on any atom is 0.274 e. The van der Waals surface area contributed by atoms with Crippen LogP contribution < -0.4 is 11.1 Å². The van der Waals surface area contributed by atoms with E-state index in [9.17, 15) is 18.8 Å². The van der Waals surface area contributed by atoms with Gasteiger partial charge in [0, 0.05) is 29.4 Å². The predicted octanol–water partition coefficient (Wildman–Crippen LogP) is 3.82. The Morgan fingerprint density at radius 2 is 2.21 bits per heavy atom. The fourth-order valence-electron chi connectivity index (χ4n) is 3.66. The number of fused-ring (bicyclic) bond motifs is 1. The summed E-state index contributed by atoms with van der Waals surface area (Å²) in [5.74, 6) is -3.16. The van der Waals surface area contributed by atoms with Gasteiger partial charge in [0.15, 0.2) is 16.8 Å². The van der Waals surface area contributed by atoms with Crippen molar-refractivity contribution in [1.29, 1.82) is 5.26 Å². The Kier molecular flexibility index (Phi) is 4.52. The molecule has 1 aliphatic carbocycles. The number of aliphatic imine (C=N–C) groups is 1. The van der Waals surface area contributed by atoms with Gasteiger partial charge in [0.05, 0.1) is 16.6 Å². The van der Waals surface area contributed by atoms with Crippen molar-refractivity contribution >= 4 is 40.1 Å². The molecule has 1 saturated carbocycles. The second-order valence-electron chi connectivity index (χ2n) is 7.09. The molecule has 3 atom stereocenters. The lowest BCUT2D eigenvalue weighted by Gasteiger charge is -2.32. The van der Waals surface area contributed by atoms with Gasteiger partial charge in [0.2, 0.25) is 0 Å². The Hall–Kier alpha value is -2.70. The molecule has 1 aromatic heterocycles. The number of nitrogens with one attached hydrogen (secondary N) is 1. The number of pyridine rings is 1. The maximum absolute atomic E-state index is 14.7. The van der Waals surface area contributed by atoms with E-state index in [0.717, 1.165) is 17.8 Å². The van der Waals surface area contributed by atoms with E-state index in [1.165, 1.54) is 24.4 Å². The topological polar surface area (TPSA) is 104 Å². The van der Waals surface area contributed by atoms with Crippen molar-refractivity contribution in [3.63, 3.8) is 0 Å². The number of amidine groups is 1. The number of thioether (sulfide) groups is 1. The molecule has 4 rings (SSSR count). The van der Waals surface area contributed by atoms with Crippen molar-refractivity contribution in [2.75, 3.05) is 5.32 Å². The van der Waals surface area contributed by atoms with Crippen molar-refractivity contribution in [1.82, 2.24) is 4.98 Å². The van der Waals surface area contributed by atoms with E-state index < -0.39 is 27.8 Å². The summed E-state index contributed by atoms with van der Waals surface area (Å²) in [7, 11) is 0. The molecule has 1 aliphatic heterocycles. The minimum Gasteiger partial charge on any atom is -0.378 e. The van der Waals surface area contributed by atoms with Crippen LogP contribution in [0.2, 0.25) is 5.02 Å². The van der Waals surface area contributed by atoms with E-state index in [1.807, 2.05) is 0 Å². The first-order valence-electron chi connectivity index (χ1n) is 8.56. The highest BCUT2D eigenvalue weighted by molar-refractivity contribution is 8.15. The molecule has 0 bridgehead atoms. The van der Waals surface area contributed by atoms with Gasteiger partial charge in [-0.1, -0.05) is 23.4 Å². The number of amides is 1. The summed E-state index contributed by atoms with van der Waals surface area (Å²) in [6.07, 6.45) is 1.77. The molecule has 10 heteroatoms. The molecule has 0 unspecified atom stereocenters. The van der Waals surface area contributed by atoms with Gasteiger partial charge >= 0.3 is 0 Å². The van der Waals surface area contributed by atoms with Crippen LogP contribution in [0.25, 0.3) is 0 Å². The predicted molar refractivity (Wildman–Crippen MR) is 107 cm³/mol. The largest absolute Gasteiger partial charge is 0.378 e. The Morgan fingerprint density at radius 1 is 1.45 bits per heavy atom. The van der Waals surface area contributed by atoms with E-state index in [-0.39, 0.29) is 28.0 Å². The van der Waals surface area contributed by atoms with Gasteiger partial charge in [0.1, 0.15) is 10.4 Å². The summed E-state index contributed by atoms with van der Waals surface area (Å²) in [5.41, 5.74) is 4.69. The zero-order chi connectivity index (χ0) is 21.0. The van der Waals surface area contributed by atoms with Crippen LogP contribution in [0.4, 0.5) is 14.5 Å². The van der Waals surface area contributed by atoms with Crippen LogP contribution in [0, 0.1) is 28.9 Å². The minimum absolute atomic E-state index is 0.0390. The summed E-state index contributed by atoms with van der Waals surface area (Å²) in [5, 5.41) is 12.5. The fraction of sp³-hybridized carbons (Fsp3) is 0.263. The molecule has 2 aromatic rings. The molecule has 0 spiro atoms. The Bertz CT molecular complexity index is 1100. The van der Waals surface area contributed by atoms with Gasteiger partial charge in [0.25, 0.3) is 5.91 Å². The van der Waals surface area contributed by atoms with E-state index in [2.05, 4.69) is 21.4 Å². The molecule has 0 saturated heterocycles. The van der Waals surface area contributed by atoms with E-state index in [4.69, 9.17) is 17.3 Å². The molecule has 6 nitrogen and oxygen atoms in total. The number of hydrogen-bond acceptors (Lipinski definition) is 6. The fourth-order valence-corrected chi connectivity index (χ4v) is 5.04. The summed E-state index contributed by atoms with van der Waals surface area (Å²) < 4.78 is 28.3. The molecule has 148 valence electrons. The van der Waals surface area contributed by atoms with Crippen LogP contribution >= 0.6 is 23.4 Å². The first kappa shape index (κ1) is 19.6. The van der Waals surface area contributed by atoms with Gasteiger partial charge in [-0.3, -0.25) is 9.79 Å². The number of halogens is 3. The molecular formula is C19H14ClF2N5OS. The third-order valence-electron chi connectivity index (χ3n) is 5.20. The van der Waals surface area contributed by atoms with E-state index in [0.29, 0.717) is 11.4 Å². The second-order valence-corrected chi connectivity index (χ2v) is 8.88. The number of rotatable bonds is 3. The lowest BCUT2D eigenvalue weighted by Crippen LogP contribution is -2.35. The number of anilines is 1. The number of nitrogens with zero attached hydrogens (tertiary/aromatic N) is 3. The highest BCUT2D eigenvalue weighted by Crippen LogP contribution is 2.65. The SMILES string of the molecule is C[C@@]1(c2cc(NC(=O)c3ccc(Cl)cn3)cc(F)c2F)N=C(N)S[C@@]2(C#N)C[C@@H]12. The molecule has 29 heavy (non-hydrogen) atoms. The number of nitriles is 1. The van der Waals surface area contributed by atoms with Crippen LogP contribution in [0.5, 0.6) is 0 Å². The van der Waals surface area contributed by atoms with Crippen LogP contribution in [0.3, 0.4) is 0 Å². The third kappa shape index (κ3) is 3.22. The van der Waals surface area contributed by atoms with Crippen LogP contribution in [-0.2, 0) is 5.54 Å². The highest BCUT2D eigenvalue weighted by Gasteiger charge is 2.67. The number of hydrogen-bond donors (Lipinski definition) is 2. The van der Waals surface area contributed by atoms with Crippen molar-refractivity contribution in [3.05, 3.63) is 58.4 Å². The normalized spacial score (nSPS) is 27.4. The first-order chi connectivity index (χ1) is 13.7. The number of carbonyl (C=O) groups excluding carboxylic acids is 1.